The smallest absolute Gasteiger partial charge is 0.377 e. The summed E-state index contributed by atoms with van der Waals surface area (Å²) >= 11 is 0. The molecule has 0 aromatic rings. The molecular weight excluding hydrogens is 488 g/mol. The topological polar surface area (TPSA) is 55.4 Å². The molecule has 0 amide bonds. The van der Waals surface area contributed by atoms with Crippen molar-refractivity contribution in [2.45, 2.75) is 142 Å². The molecule has 0 aromatic carbocycles. The second kappa shape index (κ2) is 28.2. The minimum Gasteiger partial charge on any atom is -0.377 e. The van der Waals surface area contributed by atoms with E-state index in [0.29, 0.717) is 0 Å². The minimum atomic E-state index is -2.32. The van der Waals surface area contributed by atoms with Crippen LogP contribution in [0.4, 0.5) is 0 Å². The van der Waals surface area contributed by atoms with Gasteiger partial charge in [0.2, 0.25) is 0 Å². The molecule has 6 nitrogen and oxygen atoms in total. The van der Waals surface area contributed by atoms with Gasteiger partial charge in [-0.15, -0.1) is 0 Å². The average molecular weight is 553 g/mol. The van der Waals surface area contributed by atoms with E-state index in [9.17, 15) is 0 Å². The van der Waals surface area contributed by atoms with Gasteiger partial charge in [0.05, 0.1) is 0 Å². The normalized spacial score (nSPS) is 12.0. The van der Waals surface area contributed by atoms with Gasteiger partial charge in [0.15, 0.2) is 0 Å². The highest BCUT2D eigenvalue weighted by Gasteiger charge is 2.37. The van der Waals surface area contributed by atoms with Crippen molar-refractivity contribution < 1.29 is 26.6 Å². The third-order valence-corrected chi connectivity index (χ3v) is 12.7. The first-order chi connectivity index (χ1) is 17.5. The summed E-state index contributed by atoms with van der Waals surface area (Å²) in [6, 6.07) is 1.85. The van der Waals surface area contributed by atoms with Crippen LogP contribution in [0.3, 0.4) is 0 Å². The van der Waals surface area contributed by atoms with Crippen LogP contribution in [0.5, 0.6) is 0 Å². The largest absolute Gasteiger partial charge is 0.500 e. The van der Waals surface area contributed by atoms with E-state index in [1.807, 2.05) is 0 Å². The van der Waals surface area contributed by atoms with E-state index in [4.69, 9.17) is 26.6 Å². The monoisotopic (exact) mass is 552 g/mol. The van der Waals surface area contributed by atoms with Crippen LogP contribution in [-0.2, 0) is 26.6 Å². The molecule has 0 N–H and O–H groups in total. The zero-order valence-electron chi connectivity index (χ0n) is 25.6. The van der Waals surface area contributed by atoms with Crippen LogP contribution in [0.1, 0.15) is 129 Å². The van der Waals surface area contributed by atoms with E-state index >= 15 is 0 Å². The van der Waals surface area contributed by atoms with Crippen LogP contribution in [0.25, 0.3) is 0 Å². The predicted molar refractivity (Wildman–Crippen MR) is 158 cm³/mol. The molecule has 0 aromatic heterocycles. The molecule has 0 fully saturated rings. The Hall–Kier alpha value is 0.194. The van der Waals surface area contributed by atoms with E-state index in [-0.39, 0.29) is 0 Å². The highest BCUT2D eigenvalue weighted by atomic mass is 28.4. The van der Waals surface area contributed by atoms with Gasteiger partial charge in [0.1, 0.15) is 0 Å². The summed E-state index contributed by atoms with van der Waals surface area (Å²) in [6.07, 6.45) is 24.6. The van der Waals surface area contributed by atoms with Gasteiger partial charge in [-0.05, 0) is 12.8 Å². The summed E-state index contributed by atoms with van der Waals surface area (Å²) in [5.74, 6) is 0. The molecule has 0 saturated carbocycles. The first-order valence-electron chi connectivity index (χ1n) is 14.8. The Morgan fingerprint density at radius 1 is 0.306 bits per heavy atom. The molecule has 0 bridgehead atoms. The van der Waals surface area contributed by atoms with Crippen LogP contribution in [-0.4, -0.2) is 60.3 Å². The van der Waals surface area contributed by atoms with Crippen molar-refractivity contribution in [1.82, 2.24) is 0 Å². The number of hydrogen-bond acceptors (Lipinski definition) is 6. The molecule has 0 aliphatic carbocycles. The molecule has 0 rings (SSSR count). The lowest BCUT2D eigenvalue weighted by Gasteiger charge is -2.24. The summed E-state index contributed by atoms with van der Waals surface area (Å²) in [4.78, 5) is 0. The minimum absolute atomic E-state index is 0.910. The van der Waals surface area contributed by atoms with Gasteiger partial charge in [-0.2, -0.15) is 0 Å². The fourth-order valence-electron chi connectivity index (χ4n) is 4.40. The SMILES string of the molecule is CCCCCCCCCCCCCCCCCC[Si](OC)(OC)OC.CCCC[Si](OC)(OC)OC. The molecule has 0 saturated heterocycles. The van der Waals surface area contributed by atoms with Gasteiger partial charge in [0.25, 0.3) is 0 Å². The molecule has 0 spiro atoms. The maximum Gasteiger partial charge on any atom is 0.500 e. The van der Waals surface area contributed by atoms with Gasteiger partial charge >= 0.3 is 17.6 Å². The molecule has 220 valence electrons. The van der Waals surface area contributed by atoms with Gasteiger partial charge < -0.3 is 26.6 Å². The van der Waals surface area contributed by atoms with Crippen molar-refractivity contribution in [3.63, 3.8) is 0 Å². The molecular formula is C28H64O6Si2. The molecule has 8 heteroatoms. The standard InChI is InChI=1S/C21H46O3Si.C7H18O3Si/c1-5-6-7-8-9-10-11-12-13-14-15-16-17-18-19-20-21-25(22-2,23-3)24-4;1-5-6-7-11(8-2,9-3)10-4/h5-21H2,1-4H3;5-7H2,1-4H3. The summed E-state index contributed by atoms with van der Waals surface area (Å²) < 4.78 is 32.1. The Balaban J connectivity index is 0. The molecule has 0 unspecified atom stereocenters. The Morgan fingerprint density at radius 3 is 0.778 bits per heavy atom. The van der Waals surface area contributed by atoms with Gasteiger partial charge in [-0.1, -0.05) is 117 Å². The van der Waals surface area contributed by atoms with E-state index in [1.54, 1.807) is 42.7 Å². The number of rotatable bonds is 26. The lowest BCUT2D eigenvalue weighted by atomic mass is 10.0. The molecule has 0 radical (unpaired) electrons. The number of hydrogen-bond donors (Lipinski definition) is 0. The lowest BCUT2D eigenvalue weighted by molar-refractivity contribution is 0.122. The van der Waals surface area contributed by atoms with E-state index in [0.717, 1.165) is 31.4 Å². The maximum atomic E-state index is 5.45. The van der Waals surface area contributed by atoms with Crippen molar-refractivity contribution >= 4 is 17.6 Å². The summed E-state index contributed by atoms with van der Waals surface area (Å²) in [5.41, 5.74) is 0. The zero-order valence-corrected chi connectivity index (χ0v) is 27.6. The second-order valence-corrected chi connectivity index (χ2v) is 15.9. The van der Waals surface area contributed by atoms with Crippen LogP contribution < -0.4 is 0 Å². The Labute approximate surface area is 228 Å². The van der Waals surface area contributed by atoms with Crippen LogP contribution >= 0.6 is 0 Å². The zero-order chi connectivity index (χ0) is 27.4. The Bertz CT molecular complexity index is 404. The van der Waals surface area contributed by atoms with E-state index in [1.165, 1.54) is 96.3 Å². The maximum absolute atomic E-state index is 5.45. The number of unbranched alkanes of at least 4 members (excludes halogenated alkanes) is 16. The highest BCUT2D eigenvalue weighted by molar-refractivity contribution is 6.60. The third-order valence-electron chi connectivity index (χ3n) is 7.04. The first-order valence-corrected chi connectivity index (χ1v) is 18.7. The van der Waals surface area contributed by atoms with Crippen molar-refractivity contribution in [2.75, 3.05) is 42.7 Å². The summed E-state index contributed by atoms with van der Waals surface area (Å²) in [5, 5.41) is 0. The lowest BCUT2D eigenvalue weighted by Crippen LogP contribution is -2.42. The predicted octanol–water partition coefficient (Wildman–Crippen LogP) is 8.79. The third kappa shape index (κ3) is 21.2. The second-order valence-electron chi connectivity index (χ2n) is 9.75. The van der Waals surface area contributed by atoms with Gasteiger partial charge in [-0.25, -0.2) is 0 Å². The first kappa shape index (κ1) is 38.3. The van der Waals surface area contributed by atoms with Crippen molar-refractivity contribution in [1.29, 1.82) is 0 Å². The molecule has 36 heavy (non-hydrogen) atoms. The summed E-state index contributed by atoms with van der Waals surface area (Å²) in [6.45, 7) is 4.43. The van der Waals surface area contributed by atoms with E-state index < -0.39 is 17.6 Å². The molecule has 0 atom stereocenters. The van der Waals surface area contributed by atoms with Crippen molar-refractivity contribution in [3.8, 4) is 0 Å². The van der Waals surface area contributed by atoms with Gasteiger partial charge in [-0.3, -0.25) is 0 Å². The summed E-state index contributed by atoms with van der Waals surface area (Å²) in [7, 11) is 5.48. The fraction of sp³-hybridized carbons (Fsp3) is 1.00. The van der Waals surface area contributed by atoms with Crippen LogP contribution in [0.2, 0.25) is 12.1 Å². The van der Waals surface area contributed by atoms with Crippen LogP contribution in [0.15, 0.2) is 0 Å². The molecule has 0 aliphatic rings. The van der Waals surface area contributed by atoms with Gasteiger partial charge in [0, 0.05) is 54.7 Å². The average Bonchev–Trinajstić information content (AvgIpc) is 2.92. The van der Waals surface area contributed by atoms with E-state index in [2.05, 4.69) is 13.8 Å². The fourth-order valence-corrected chi connectivity index (χ4v) is 8.09. The quantitative estimate of drug-likeness (QED) is 0.0789. The molecule has 0 aliphatic heterocycles. The van der Waals surface area contributed by atoms with Crippen molar-refractivity contribution in [3.05, 3.63) is 0 Å². The highest BCUT2D eigenvalue weighted by Crippen LogP contribution is 2.19. The Morgan fingerprint density at radius 2 is 0.528 bits per heavy atom. The molecule has 0 heterocycles. The van der Waals surface area contributed by atoms with Crippen molar-refractivity contribution in [2.24, 2.45) is 0 Å². The van der Waals surface area contributed by atoms with Crippen LogP contribution in [0, 0.1) is 0 Å². The Kier molecular flexibility index (Phi) is 30.0.